The zero-order valence-electron chi connectivity index (χ0n) is 23.7. The number of piperidine rings is 2. The van der Waals surface area contributed by atoms with E-state index < -0.39 is 17.4 Å². The zero-order valence-corrected chi connectivity index (χ0v) is 26.8. The van der Waals surface area contributed by atoms with Crippen molar-refractivity contribution in [2.75, 3.05) is 32.5 Å². The third-order valence-corrected chi connectivity index (χ3v) is 9.64. The van der Waals surface area contributed by atoms with Crippen LogP contribution in [0, 0.1) is 0 Å². The van der Waals surface area contributed by atoms with Gasteiger partial charge in [-0.1, -0.05) is 57.3 Å². The molecule has 3 aromatic carbocycles. The van der Waals surface area contributed by atoms with Crippen LogP contribution >= 0.6 is 39.1 Å². The summed E-state index contributed by atoms with van der Waals surface area (Å²) in [7, 11) is 3.49. The van der Waals surface area contributed by atoms with Crippen molar-refractivity contribution >= 4 is 62.7 Å². The number of benzene rings is 3. The number of likely N-dealkylation sites (tertiary alicyclic amines) is 1. The first-order valence-electron chi connectivity index (χ1n) is 14.2. The predicted octanol–water partition coefficient (Wildman–Crippen LogP) is 6.52. The van der Waals surface area contributed by atoms with Gasteiger partial charge in [0.05, 0.1) is 6.04 Å². The molecule has 1 unspecified atom stereocenters. The fourth-order valence-electron chi connectivity index (χ4n) is 6.75. The number of carbonyl (C=O) groups is 3. The molecule has 43 heavy (non-hydrogen) atoms. The van der Waals surface area contributed by atoms with Crippen molar-refractivity contribution in [3.05, 3.63) is 91.9 Å². The smallest absolute Gasteiger partial charge is 0.319 e. The van der Waals surface area contributed by atoms with Gasteiger partial charge in [-0.2, -0.15) is 0 Å². The Morgan fingerprint density at radius 1 is 1.02 bits per heavy atom. The van der Waals surface area contributed by atoms with Crippen LogP contribution < -0.4 is 15.4 Å². The first-order chi connectivity index (χ1) is 20.6. The normalized spacial score (nSPS) is 23.5. The van der Waals surface area contributed by atoms with Crippen molar-refractivity contribution in [2.45, 2.75) is 42.7 Å². The molecule has 0 bridgehead atoms. The van der Waals surface area contributed by atoms with Crippen molar-refractivity contribution in [1.29, 1.82) is 0 Å². The summed E-state index contributed by atoms with van der Waals surface area (Å²) < 4.78 is 7.41. The second kappa shape index (κ2) is 11.7. The number of nitrogens with zero attached hydrogens (tertiary/aromatic N) is 2. The van der Waals surface area contributed by atoms with E-state index in [0.29, 0.717) is 53.0 Å². The maximum atomic E-state index is 14.4. The maximum Gasteiger partial charge on any atom is 0.319 e. The summed E-state index contributed by atoms with van der Waals surface area (Å²) in [5.74, 6) is -0.370. The monoisotopic (exact) mass is 684 g/mol. The van der Waals surface area contributed by atoms with Crippen LogP contribution in [0.15, 0.2) is 65.1 Å². The summed E-state index contributed by atoms with van der Waals surface area (Å²) in [5, 5.41) is 7.27. The highest BCUT2D eigenvalue weighted by Crippen LogP contribution is 2.58. The number of ether oxygens (including phenoxy) is 1. The van der Waals surface area contributed by atoms with Gasteiger partial charge in [-0.05, 0) is 53.6 Å². The third-order valence-electron chi connectivity index (χ3n) is 8.67. The summed E-state index contributed by atoms with van der Waals surface area (Å²) in [6.45, 7) is 1.15. The van der Waals surface area contributed by atoms with Crippen LogP contribution in [0.5, 0.6) is 5.75 Å². The first kappa shape index (κ1) is 29.8. The van der Waals surface area contributed by atoms with Crippen LogP contribution in [0.2, 0.25) is 10.0 Å². The Kier molecular flexibility index (Phi) is 8.08. The summed E-state index contributed by atoms with van der Waals surface area (Å²) in [4.78, 5) is 43.7. The average Bonchev–Trinajstić information content (AvgIpc) is 3.25. The summed E-state index contributed by atoms with van der Waals surface area (Å²) in [6, 6.07) is 17.6. The van der Waals surface area contributed by atoms with Crippen LogP contribution in [0.1, 0.15) is 47.9 Å². The lowest BCUT2D eigenvalue weighted by atomic mass is 9.59. The van der Waals surface area contributed by atoms with Crippen molar-refractivity contribution < 1.29 is 19.1 Å². The number of rotatable bonds is 4. The van der Waals surface area contributed by atoms with E-state index in [4.69, 9.17) is 27.9 Å². The molecule has 0 aromatic heterocycles. The number of halogens is 3. The molecule has 3 atom stereocenters. The number of hydrogen-bond acceptors (Lipinski definition) is 4. The predicted molar refractivity (Wildman–Crippen MR) is 170 cm³/mol. The lowest BCUT2D eigenvalue weighted by Crippen LogP contribution is -2.57. The van der Waals surface area contributed by atoms with Crippen LogP contribution in [0.3, 0.4) is 0 Å². The van der Waals surface area contributed by atoms with E-state index in [0.717, 1.165) is 15.6 Å². The molecule has 4 amide bonds. The fourth-order valence-corrected chi connectivity index (χ4v) is 7.50. The summed E-state index contributed by atoms with van der Waals surface area (Å²) >= 11 is 16.4. The minimum Gasteiger partial charge on any atom is -0.490 e. The van der Waals surface area contributed by atoms with Crippen molar-refractivity contribution in [3.63, 3.8) is 0 Å². The van der Waals surface area contributed by atoms with Gasteiger partial charge >= 0.3 is 6.03 Å². The lowest BCUT2D eigenvalue weighted by molar-refractivity contribution is -0.131. The largest absolute Gasteiger partial charge is 0.490 e. The minimum atomic E-state index is -1.22. The van der Waals surface area contributed by atoms with Crippen LogP contribution in [0.4, 0.5) is 10.5 Å². The Morgan fingerprint density at radius 3 is 2.49 bits per heavy atom. The van der Waals surface area contributed by atoms with Gasteiger partial charge in [-0.25, -0.2) is 4.79 Å². The van der Waals surface area contributed by atoms with Crippen molar-refractivity contribution in [1.82, 2.24) is 15.1 Å². The molecule has 2 N–H and O–H groups in total. The molecule has 11 heteroatoms. The van der Waals surface area contributed by atoms with Gasteiger partial charge < -0.3 is 25.2 Å². The van der Waals surface area contributed by atoms with Gasteiger partial charge in [0.1, 0.15) is 17.3 Å². The molecule has 3 aliphatic rings. The molecule has 1 spiro atoms. The van der Waals surface area contributed by atoms with Gasteiger partial charge in [-0.3, -0.25) is 9.59 Å². The van der Waals surface area contributed by atoms with Crippen LogP contribution in [0.25, 0.3) is 0 Å². The first-order valence-corrected chi connectivity index (χ1v) is 15.7. The van der Waals surface area contributed by atoms with Gasteiger partial charge in [0.2, 0.25) is 11.8 Å². The van der Waals surface area contributed by atoms with E-state index in [1.807, 2.05) is 47.4 Å². The SMILES string of the molecule is CN(C)C(=O)N1CCC(Oc2ccc(Br)cc2[C@H]2NC(=O)C[C@@H](c3cccc(Cl)c3)C23C(=O)Nc2cc(Cl)ccc23)CC1. The molecule has 8 nitrogen and oxygen atoms in total. The van der Waals surface area contributed by atoms with E-state index in [1.165, 1.54) is 0 Å². The molecule has 0 saturated carbocycles. The fraction of sp³-hybridized carbons (Fsp3) is 0.344. The number of urea groups is 1. The Balaban J connectivity index is 1.45. The van der Waals surface area contributed by atoms with Crippen LogP contribution in [-0.2, 0) is 15.0 Å². The second-order valence-corrected chi connectivity index (χ2v) is 13.3. The highest BCUT2D eigenvalue weighted by Gasteiger charge is 2.61. The molecule has 3 aliphatic heterocycles. The summed E-state index contributed by atoms with van der Waals surface area (Å²) in [5.41, 5.74) is 1.61. The average molecular weight is 686 g/mol. The topological polar surface area (TPSA) is 91.0 Å². The molecule has 2 fully saturated rings. The van der Waals surface area contributed by atoms with E-state index in [-0.39, 0.29) is 30.4 Å². The molecule has 3 heterocycles. The molecular formula is C32H31BrCl2N4O4. The Labute approximate surface area is 268 Å². The molecule has 6 rings (SSSR count). The van der Waals surface area contributed by atoms with E-state index in [1.54, 1.807) is 37.2 Å². The van der Waals surface area contributed by atoms with Gasteiger partial charge in [0.25, 0.3) is 0 Å². The number of hydrogen-bond donors (Lipinski definition) is 2. The van der Waals surface area contributed by atoms with E-state index in [9.17, 15) is 14.4 Å². The van der Waals surface area contributed by atoms with Gasteiger partial charge in [0.15, 0.2) is 0 Å². The molecule has 0 aliphatic carbocycles. The van der Waals surface area contributed by atoms with Gasteiger partial charge in [-0.15, -0.1) is 0 Å². The molecular weight excluding hydrogens is 655 g/mol. The van der Waals surface area contributed by atoms with Gasteiger partial charge in [0, 0.05) is 78.1 Å². The number of carbonyl (C=O) groups excluding carboxylic acids is 3. The van der Waals surface area contributed by atoms with E-state index in [2.05, 4.69) is 26.6 Å². The molecule has 224 valence electrons. The highest BCUT2D eigenvalue weighted by atomic mass is 79.9. The third kappa shape index (κ3) is 5.36. The number of fused-ring (bicyclic) bond motifs is 2. The van der Waals surface area contributed by atoms with E-state index >= 15 is 0 Å². The zero-order chi connectivity index (χ0) is 30.5. The quantitative estimate of drug-likeness (QED) is 0.328. The number of nitrogens with one attached hydrogen (secondary N) is 2. The second-order valence-electron chi connectivity index (χ2n) is 11.5. The highest BCUT2D eigenvalue weighted by molar-refractivity contribution is 9.10. The number of amides is 4. The van der Waals surface area contributed by atoms with Crippen molar-refractivity contribution in [2.24, 2.45) is 0 Å². The molecule has 2 saturated heterocycles. The molecule has 3 aromatic rings. The number of anilines is 1. The Hall–Kier alpha value is -3.27. The summed E-state index contributed by atoms with van der Waals surface area (Å²) in [6.07, 6.45) is 1.26. The maximum absolute atomic E-state index is 14.4. The Bertz CT molecular complexity index is 1610. The Morgan fingerprint density at radius 2 is 1.77 bits per heavy atom. The minimum absolute atomic E-state index is 0.0206. The lowest BCUT2D eigenvalue weighted by Gasteiger charge is -2.47. The van der Waals surface area contributed by atoms with Crippen LogP contribution in [-0.4, -0.2) is 60.9 Å². The van der Waals surface area contributed by atoms with Crippen molar-refractivity contribution in [3.8, 4) is 5.75 Å². The standard InChI is InChI=1S/C32H31BrCl2N4O4/c1-38(2)31(42)39-12-10-22(11-13-39)43-27-9-6-19(33)15-23(27)29-32(24-8-7-21(35)16-26(24)36-30(32)41)25(17-28(40)37-29)18-4-3-5-20(34)14-18/h3-9,14-16,22,25,29H,10-13,17H2,1-2H3,(H,36,41)(H,37,40)/t25-,29+,32?/m0/s1. The molecule has 0 radical (unpaired) electrons.